The Hall–Kier alpha value is -1.07. The zero-order valence-electron chi connectivity index (χ0n) is 17.3. The minimum atomic E-state index is -0.595. The summed E-state index contributed by atoms with van der Waals surface area (Å²) in [6, 6.07) is 0. The maximum Gasteiger partial charge on any atom is 0.319 e. The van der Waals surface area contributed by atoms with Gasteiger partial charge in [0, 0.05) is 5.41 Å². The molecule has 0 aromatic rings. The predicted molar refractivity (Wildman–Crippen MR) is 113 cm³/mol. The summed E-state index contributed by atoms with van der Waals surface area (Å²) in [5.74, 6) is 1.36. The molecule has 0 aromatic carbocycles. The molecule has 5 heteroatoms. The van der Waals surface area contributed by atoms with E-state index in [1.165, 1.54) is 0 Å². The summed E-state index contributed by atoms with van der Waals surface area (Å²) >= 11 is 1.54. The van der Waals surface area contributed by atoms with Crippen molar-refractivity contribution in [1.29, 1.82) is 0 Å². The van der Waals surface area contributed by atoms with Crippen molar-refractivity contribution in [2.45, 2.75) is 69.6 Å². The lowest BCUT2D eigenvalue weighted by atomic mass is 9.40. The quantitative estimate of drug-likeness (QED) is 0.550. The number of aliphatic hydroxyl groups is 1. The van der Waals surface area contributed by atoms with Gasteiger partial charge in [-0.25, -0.2) is 0 Å². The lowest BCUT2D eigenvalue weighted by molar-refractivity contribution is -0.192. The van der Waals surface area contributed by atoms with Crippen LogP contribution in [0.2, 0.25) is 0 Å². The van der Waals surface area contributed by atoms with Gasteiger partial charge in [0.2, 0.25) is 0 Å². The predicted octanol–water partition coefficient (Wildman–Crippen LogP) is 4.28. The summed E-state index contributed by atoms with van der Waals surface area (Å²) in [5.41, 5.74) is 0.0584. The Morgan fingerprint density at radius 1 is 1.31 bits per heavy atom. The fraction of sp³-hybridized carbons (Fsp3) is 0.750. The van der Waals surface area contributed by atoms with Gasteiger partial charge in [-0.3, -0.25) is 9.59 Å². The number of hydrogen-bond donors (Lipinski definition) is 1. The lowest BCUT2D eigenvalue weighted by Crippen LogP contribution is -2.65. The van der Waals surface area contributed by atoms with Gasteiger partial charge in [0.05, 0.1) is 18.1 Å². The average molecular weight is 417 g/mol. The summed E-state index contributed by atoms with van der Waals surface area (Å²) < 4.78 is 5.82. The van der Waals surface area contributed by atoms with Crippen LogP contribution in [0.25, 0.3) is 0 Å². The van der Waals surface area contributed by atoms with Gasteiger partial charge in [0.1, 0.15) is 5.25 Å². The van der Waals surface area contributed by atoms with Crippen molar-refractivity contribution in [3.63, 3.8) is 0 Å². The zero-order chi connectivity index (χ0) is 20.4. The Labute approximate surface area is 177 Å². The van der Waals surface area contributed by atoms with Gasteiger partial charge in [-0.2, -0.15) is 0 Å². The second kappa shape index (κ2) is 6.98. The van der Waals surface area contributed by atoms with Crippen molar-refractivity contribution in [3.05, 3.63) is 23.6 Å². The Balaban J connectivity index is 1.37. The van der Waals surface area contributed by atoms with Crippen molar-refractivity contribution in [3.8, 4) is 0 Å². The number of carbonyl (C=O) groups excluding carboxylic acids is 2. The number of Topliss-reactive ketones (excluding diaryl/α,β-unsaturated/α-hetero) is 1. The van der Waals surface area contributed by atoms with Crippen LogP contribution in [0, 0.1) is 34.5 Å². The highest BCUT2D eigenvalue weighted by atomic mass is 32.2. The molecule has 1 N–H and O–H groups in total. The SMILES string of the molecule is C=C1C(=O)[C@]23CCC1CC2C1CCC[C@@](C)(COC(=O)C2CC=CS2)C1C[C@H]3O. The third-order valence-corrected chi connectivity index (χ3v) is 10.2. The molecule has 8 atom stereocenters. The van der Waals surface area contributed by atoms with Crippen LogP contribution in [-0.4, -0.2) is 34.8 Å². The molecule has 5 saturated carbocycles. The third kappa shape index (κ3) is 2.83. The highest BCUT2D eigenvalue weighted by Crippen LogP contribution is 2.66. The van der Waals surface area contributed by atoms with Gasteiger partial charge >= 0.3 is 5.97 Å². The van der Waals surface area contributed by atoms with Crippen molar-refractivity contribution < 1.29 is 19.4 Å². The number of carbonyl (C=O) groups is 2. The summed E-state index contributed by atoms with van der Waals surface area (Å²) in [7, 11) is 0. The van der Waals surface area contributed by atoms with Crippen molar-refractivity contribution >= 4 is 23.5 Å². The molecule has 5 aliphatic carbocycles. The van der Waals surface area contributed by atoms with Crippen molar-refractivity contribution in [2.24, 2.45) is 34.5 Å². The van der Waals surface area contributed by atoms with Gasteiger partial charge in [0.15, 0.2) is 5.78 Å². The standard InChI is InChI=1S/C24H32O4S/c1-14-15-7-9-24(21(14)26)18(11-15)16-5-3-8-23(2,17(16)12-20(24)25)13-28-22(27)19-6-4-10-29-19/h4,10,15-20,25H,1,3,5-9,11-13H2,2H3/t15?,16?,17?,18?,19?,20-,23+,24-/m1/s1. The lowest BCUT2D eigenvalue weighted by Gasteiger charge is -2.64. The second-order valence-corrected chi connectivity index (χ2v) is 11.5. The molecule has 0 aromatic heterocycles. The van der Waals surface area contributed by atoms with E-state index in [-0.39, 0.29) is 28.3 Å². The van der Waals surface area contributed by atoms with Crippen LogP contribution in [0.1, 0.15) is 58.3 Å². The van der Waals surface area contributed by atoms with E-state index in [2.05, 4.69) is 13.5 Å². The van der Waals surface area contributed by atoms with E-state index in [0.717, 1.165) is 50.5 Å². The van der Waals surface area contributed by atoms with E-state index in [0.29, 0.717) is 30.8 Å². The summed E-state index contributed by atoms with van der Waals surface area (Å²) in [4.78, 5) is 25.7. The number of thioether (sulfide) groups is 1. The molecular formula is C24H32O4S. The van der Waals surface area contributed by atoms with Gasteiger partial charge < -0.3 is 9.84 Å². The highest BCUT2D eigenvalue weighted by molar-refractivity contribution is 8.03. The molecule has 1 heterocycles. The summed E-state index contributed by atoms with van der Waals surface area (Å²) in [6.07, 6.45) is 8.91. The molecular weight excluding hydrogens is 384 g/mol. The molecule has 2 bridgehead atoms. The minimum absolute atomic E-state index is 0.101. The first-order chi connectivity index (χ1) is 13.9. The second-order valence-electron chi connectivity index (χ2n) is 10.4. The molecule has 0 amide bonds. The van der Waals surface area contributed by atoms with Crippen LogP contribution in [0.15, 0.2) is 23.6 Å². The number of fused-ring (bicyclic) bond motifs is 3. The highest BCUT2D eigenvalue weighted by Gasteiger charge is 2.66. The molecule has 5 fully saturated rings. The minimum Gasteiger partial charge on any atom is -0.464 e. The number of ketones is 1. The normalized spacial score (nSPS) is 48.3. The number of aliphatic hydroxyl groups excluding tert-OH is 1. The fourth-order valence-electron chi connectivity index (χ4n) is 7.52. The Morgan fingerprint density at radius 3 is 2.90 bits per heavy atom. The van der Waals surface area contributed by atoms with Crippen molar-refractivity contribution in [1.82, 2.24) is 0 Å². The molecule has 6 rings (SSSR count). The van der Waals surface area contributed by atoms with E-state index in [9.17, 15) is 14.7 Å². The summed E-state index contributed by atoms with van der Waals surface area (Å²) in [5, 5.41) is 13.2. The Bertz CT molecular complexity index is 767. The molecule has 0 radical (unpaired) electrons. The van der Waals surface area contributed by atoms with E-state index in [4.69, 9.17) is 4.74 Å². The number of esters is 1. The molecule has 0 saturated heterocycles. The molecule has 6 aliphatic rings. The summed E-state index contributed by atoms with van der Waals surface area (Å²) in [6.45, 7) is 6.76. The van der Waals surface area contributed by atoms with Gasteiger partial charge in [-0.1, -0.05) is 26.0 Å². The smallest absolute Gasteiger partial charge is 0.319 e. The Kier molecular flexibility index (Phi) is 4.78. The number of allylic oxidation sites excluding steroid dienone is 2. The first-order valence-electron chi connectivity index (χ1n) is 11.3. The molecule has 1 aliphatic heterocycles. The molecule has 1 spiro atoms. The van der Waals surface area contributed by atoms with E-state index >= 15 is 0 Å². The fourth-order valence-corrected chi connectivity index (χ4v) is 8.33. The first kappa shape index (κ1) is 19.9. The van der Waals surface area contributed by atoms with Crippen LogP contribution in [-0.2, 0) is 14.3 Å². The average Bonchev–Trinajstić information content (AvgIpc) is 3.26. The molecule has 29 heavy (non-hydrogen) atoms. The molecule has 158 valence electrons. The number of rotatable bonds is 3. The largest absolute Gasteiger partial charge is 0.464 e. The monoisotopic (exact) mass is 416 g/mol. The Morgan fingerprint density at radius 2 is 2.14 bits per heavy atom. The maximum absolute atomic E-state index is 13.2. The van der Waals surface area contributed by atoms with Crippen LogP contribution >= 0.6 is 11.8 Å². The van der Waals surface area contributed by atoms with E-state index in [1.807, 2.05) is 11.5 Å². The topological polar surface area (TPSA) is 63.6 Å². The first-order valence-corrected chi connectivity index (χ1v) is 12.2. The maximum atomic E-state index is 13.2. The van der Waals surface area contributed by atoms with Crippen LogP contribution in [0.3, 0.4) is 0 Å². The zero-order valence-corrected chi connectivity index (χ0v) is 18.1. The van der Waals surface area contributed by atoms with Crippen LogP contribution in [0.4, 0.5) is 0 Å². The number of hydrogen-bond acceptors (Lipinski definition) is 5. The third-order valence-electron chi connectivity index (χ3n) is 9.10. The molecule has 5 unspecified atom stereocenters. The number of ether oxygens (including phenoxy) is 1. The van der Waals surface area contributed by atoms with E-state index < -0.39 is 11.5 Å². The van der Waals surface area contributed by atoms with Gasteiger partial charge in [-0.15, -0.1) is 11.8 Å². The van der Waals surface area contributed by atoms with E-state index in [1.54, 1.807) is 11.8 Å². The van der Waals surface area contributed by atoms with Crippen molar-refractivity contribution in [2.75, 3.05) is 6.61 Å². The van der Waals surface area contributed by atoms with Crippen LogP contribution < -0.4 is 0 Å². The van der Waals surface area contributed by atoms with Gasteiger partial charge in [0.25, 0.3) is 0 Å². The molecule has 4 nitrogen and oxygen atoms in total. The van der Waals surface area contributed by atoms with Crippen LogP contribution in [0.5, 0.6) is 0 Å². The van der Waals surface area contributed by atoms with Gasteiger partial charge in [-0.05, 0) is 79.6 Å².